The summed E-state index contributed by atoms with van der Waals surface area (Å²) in [7, 11) is 0. The standard InChI is InChI=1S/C26H25ClN2O9S/c1-13(30)34-12-21-22(35-14(2)31)23(36-15(3)32)24(37-16(4)33)25(38-21)29-20(10-7-18(11-28)26(29)39)17-5-8-19(27)9-6-17/h5-10,21-25H,12H2,1-4H3/t21-,22-,23-,24-,25+/m0/s1. The molecule has 0 bridgehead atoms. The van der Waals surface area contributed by atoms with Gasteiger partial charge < -0.3 is 28.3 Å². The molecule has 39 heavy (non-hydrogen) atoms. The second-order valence-corrected chi connectivity index (χ2v) is 9.34. The van der Waals surface area contributed by atoms with Crippen molar-refractivity contribution >= 4 is 47.7 Å². The van der Waals surface area contributed by atoms with Crippen molar-refractivity contribution in [2.75, 3.05) is 6.61 Å². The smallest absolute Gasteiger partial charge is 0.303 e. The van der Waals surface area contributed by atoms with Crippen LogP contribution >= 0.6 is 23.8 Å². The second kappa shape index (κ2) is 12.8. The Labute approximate surface area is 234 Å². The third-order valence-electron chi connectivity index (χ3n) is 5.60. The van der Waals surface area contributed by atoms with Crippen LogP contribution in [0.25, 0.3) is 11.3 Å². The number of pyridine rings is 1. The molecule has 2 heterocycles. The summed E-state index contributed by atoms with van der Waals surface area (Å²) in [6, 6.07) is 11.9. The molecule has 5 atom stereocenters. The average Bonchev–Trinajstić information content (AvgIpc) is 2.85. The van der Waals surface area contributed by atoms with Crippen molar-refractivity contribution in [3.8, 4) is 17.3 Å². The van der Waals surface area contributed by atoms with E-state index in [4.69, 9.17) is 47.5 Å². The summed E-state index contributed by atoms with van der Waals surface area (Å²) in [6.07, 6.45) is -6.66. The topological polar surface area (TPSA) is 143 Å². The molecule has 0 spiro atoms. The molecule has 206 valence electrons. The highest BCUT2D eigenvalue weighted by Crippen LogP contribution is 2.38. The zero-order chi connectivity index (χ0) is 28.9. The molecule has 1 aliphatic heterocycles. The van der Waals surface area contributed by atoms with Gasteiger partial charge in [-0.3, -0.25) is 19.2 Å². The van der Waals surface area contributed by atoms with E-state index in [0.29, 0.717) is 16.3 Å². The number of hydrogen-bond acceptors (Lipinski definition) is 11. The maximum atomic E-state index is 12.2. The van der Waals surface area contributed by atoms with Crippen molar-refractivity contribution in [2.45, 2.75) is 58.3 Å². The highest BCUT2D eigenvalue weighted by Gasteiger charge is 2.53. The van der Waals surface area contributed by atoms with Gasteiger partial charge in [-0.05, 0) is 29.8 Å². The van der Waals surface area contributed by atoms with Crippen molar-refractivity contribution in [1.82, 2.24) is 4.57 Å². The number of carbonyl (C=O) groups is 4. The largest absolute Gasteiger partial charge is 0.463 e. The minimum Gasteiger partial charge on any atom is -0.463 e. The SMILES string of the molecule is CC(=O)OC[C@@H]1O[C@@H](n2c(-c3ccc(Cl)cc3)ccc(C#N)c2=S)[C@@H](OC(C)=O)[C@@H](OC(C)=O)[C@H]1OC(C)=O. The Balaban J connectivity index is 2.30. The van der Waals surface area contributed by atoms with Crippen LogP contribution in [0, 0.1) is 16.0 Å². The average molecular weight is 577 g/mol. The lowest BCUT2D eigenvalue weighted by molar-refractivity contribution is -0.268. The normalized spacial score (nSPS) is 22.2. The molecule has 13 heteroatoms. The molecular formula is C26H25ClN2O9S. The maximum Gasteiger partial charge on any atom is 0.303 e. The highest BCUT2D eigenvalue weighted by atomic mass is 35.5. The fourth-order valence-corrected chi connectivity index (χ4v) is 4.60. The summed E-state index contributed by atoms with van der Waals surface area (Å²) >= 11 is 11.7. The number of nitrogens with zero attached hydrogens (tertiary/aromatic N) is 2. The molecule has 1 aromatic carbocycles. The minimum absolute atomic E-state index is 0.0193. The molecule has 2 aromatic rings. The number of nitriles is 1. The summed E-state index contributed by atoms with van der Waals surface area (Å²) in [5, 5.41) is 10.2. The third-order valence-corrected chi connectivity index (χ3v) is 6.27. The van der Waals surface area contributed by atoms with Crippen molar-refractivity contribution < 1.29 is 42.9 Å². The predicted molar refractivity (Wildman–Crippen MR) is 138 cm³/mol. The number of hydrogen-bond donors (Lipinski definition) is 0. The zero-order valence-corrected chi connectivity index (χ0v) is 23.0. The van der Waals surface area contributed by atoms with Crippen molar-refractivity contribution in [2.24, 2.45) is 0 Å². The number of rotatable bonds is 7. The first-order valence-electron chi connectivity index (χ1n) is 11.6. The van der Waals surface area contributed by atoms with E-state index in [-0.39, 0.29) is 10.2 Å². The summed E-state index contributed by atoms with van der Waals surface area (Å²) < 4.78 is 29.4. The molecule has 3 rings (SSSR count). The Kier molecular flexibility index (Phi) is 9.80. The Hall–Kier alpha value is -3.79. The zero-order valence-electron chi connectivity index (χ0n) is 21.4. The fraction of sp³-hybridized carbons (Fsp3) is 0.385. The first kappa shape index (κ1) is 29.8. The van der Waals surface area contributed by atoms with Crippen LogP contribution in [0.5, 0.6) is 0 Å². The van der Waals surface area contributed by atoms with E-state index >= 15 is 0 Å². The van der Waals surface area contributed by atoms with Gasteiger partial charge in [0.05, 0.1) is 11.3 Å². The lowest BCUT2D eigenvalue weighted by atomic mass is 9.96. The molecular weight excluding hydrogens is 552 g/mol. The van der Waals surface area contributed by atoms with Gasteiger partial charge in [0, 0.05) is 32.7 Å². The Bertz CT molecular complexity index is 1370. The summed E-state index contributed by atoms with van der Waals surface area (Å²) in [5.74, 6) is -2.93. The van der Waals surface area contributed by atoms with Gasteiger partial charge >= 0.3 is 23.9 Å². The molecule has 1 aromatic heterocycles. The molecule has 0 aliphatic carbocycles. The first-order chi connectivity index (χ1) is 18.4. The highest BCUT2D eigenvalue weighted by molar-refractivity contribution is 7.71. The molecule has 0 saturated carbocycles. The summed E-state index contributed by atoms with van der Waals surface area (Å²) in [6.45, 7) is 4.17. The van der Waals surface area contributed by atoms with E-state index in [0.717, 1.165) is 20.8 Å². The Morgan fingerprint density at radius 3 is 2.00 bits per heavy atom. The first-order valence-corrected chi connectivity index (χ1v) is 12.4. The van der Waals surface area contributed by atoms with E-state index in [1.807, 2.05) is 6.07 Å². The van der Waals surface area contributed by atoms with Crippen molar-refractivity contribution in [3.05, 3.63) is 51.6 Å². The fourth-order valence-electron chi connectivity index (χ4n) is 4.16. The van der Waals surface area contributed by atoms with E-state index in [1.165, 1.54) is 17.6 Å². The van der Waals surface area contributed by atoms with E-state index in [9.17, 15) is 24.4 Å². The van der Waals surface area contributed by atoms with Crippen LogP contribution in [-0.4, -0.2) is 59.5 Å². The molecule has 0 radical (unpaired) electrons. The number of carbonyl (C=O) groups excluding carboxylic acids is 4. The van der Waals surface area contributed by atoms with Crippen LogP contribution in [0.2, 0.25) is 5.02 Å². The van der Waals surface area contributed by atoms with Crippen LogP contribution in [0.15, 0.2) is 36.4 Å². The van der Waals surface area contributed by atoms with Gasteiger partial charge in [0.25, 0.3) is 0 Å². The number of aromatic nitrogens is 1. The Morgan fingerprint density at radius 1 is 0.897 bits per heavy atom. The number of halogens is 1. The maximum absolute atomic E-state index is 12.2. The molecule has 1 aliphatic rings. The van der Waals surface area contributed by atoms with Gasteiger partial charge in [0.1, 0.15) is 23.4 Å². The van der Waals surface area contributed by atoms with Gasteiger partial charge in [-0.2, -0.15) is 5.26 Å². The monoisotopic (exact) mass is 576 g/mol. The number of benzene rings is 1. The Morgan fingerprint density at radius 2 is 1.46 bits per heavy atom. The van der Waals surface area contributed by atoms with Gasteiger partial charge in [0.15, 0.2) is 24.5 Å². The van der Waals surface area contributed by atoms with E-state index in [1.54, 1.807) is 30.3 Å². The van der Waals surface area contributed by atoms with Crippen LogP contribution in [0.1, 0.15) is 39.5 Å². The van der Waals surface area contributed by atoms with Crippen molar-refractivity contribution in [1.29, 1.82) is 5.26 Å². The molecule has 1 saturated heterocycles. The molecule has 11 nitrogen and oxygen atoms in total. The number of ether oxygens (including phenoxy) is 5. The number of esters is 4. The lowest BCUT2D eigenvalue weighted by Crippen LogP contribution is -2.60. The van der Waals surface area contributed by atoms with Crippen molar-refractivity contribution in [3.63, 3.8) is 0 Å². The summed E-state index contributed by atoms with van der Waals surface area (Å²) in [4.78, 5) is 48.1. The summed E-state index contributed by atoms with van der Waals surface area (Å²) in [5.41, 5.74) is 1.16. The van der Waals surface area contributed by atoms with E-state index < -0.39 is 61.1 Å². The van der Waals surface area contributed by atoms with Crippen LogP contribution in [0.3, 0.4) is 0 Å². The third kappa shape index (κ3) is 7.20. The molecule has 0 N–H and O–H groups in total. The van der Waals surface area contributed by atoms with Crippen LogP contribution < -0.4 is 0 Å². The van der Waals surface area contributed by atoms with Crippen LogP contribution in [-0.2, 0) is 42.9 Å². The van der Waals surface area contributed by atoms with Gasteiger partial charge in [-0.15, -0.1) is 0 Å². The molecule has 1 fully saturated rings. The van der Waals surface area contributed by atoms with Gasteiger partial charge in [-0.25, -0.2) is 0 Å². The van der Waals surface area contributed by atoms with E-state index in [2.05, 4.69) is 0 Å². The molecule has 0 unspecified atom stereocenters. The lowest BCUT2D eigenvalue weighted by Gasteiger charge is -2.45. The second-order valence-electron chi connectivity index (χ2n) is 8.52. The van der Waals surface area contributed by atoms with Gasteiger partial charge in [0.2, 0.25) is 0 Å². The predicted octanol–water partition coefficient (Wildman–Crippen LogP) is 3.67. The molecule has 0 amide bonds. The minimum atomic E-state index is -1.41. The quantitative estimate of drug-likeness (QED) is 0.270. The van der Waals surface area contributed by atoms with Gasteiger partial charge in [-0.1, -0.05) is 36.0 Å². The van der Waals surface area contributed by atoms with Crippen LogP contribution in [0.4, 0.5) is 0 Å².